The summed E-state index contributed by atoms with van der Waals surface area (Å²) in [6, 6.07) is 19.0. The molecule has 0 bridgehead atoms. The van der Waals surface area contributed by atoms with E-state index in [0.29, 0.717) is 0 Å². The molecule has 1 aromatic carbocycles. The molecule has 0 spiro atoms. The van der Waals surface area contributed by atoms with Crippen molar-refractivity contribution in [1.29, 1.82) is 0 Å². The van der Waals surface area contributed by atoms with Crippen molar-refractivity contribution in [3.8, 4) is 11.4 Å². The van der Waals surface area contributed by atoms with Crippen molar-refractivity contribution in [3.05, 3.63) is 72.1 Å². The maximum atomic E-state index is 4.85. The predicted octanol–water partition coefficient (Wildman–Crippen LogP) is 4.43. The van der Waals surface area contributed by atoms with E-state index in [1.807, 2.05) is 24.4 Å². The normalized spacial score (nSPS) is 13.6. The van der Waals surface area contributed by atoms with Crippen molar-refractivity contribution in [2.45, 2.75) is 17.9 Å². The minimum atomic E-state index is 0.920. The van der Waals surface area contributed by atoms with Crippen LogP contribution in [-0.2, 0) is 13.0 Å². The van der Waals surface area contributed by atoms with Crippen LogP contribution < -0.4 is 4.90 Å². The van der Waals surface area contributed by atoms with Gasteiger partial charge in [-0.2, -0.15) is 0 Å². The van der Waals surface area contributed by atoms with Crippen molar-refractivity contribution in [2.75, 3.05) is 17.7 Å². The molecule has 4 rings (SSSR count). The third kappa shape index (κ3) is 3.02. The third-order valence-electron chi connectivity index (χ3n) is 4.41. The highest BCUT2D eigenvalue weighted by atomic mass is 32.2. The summed E-state index contributed by atoms with van der Waals surface area (Å²) < 4.78 is 0. The van der Waals surface area contributed by atoms with Crippen LogP contribution in [0.4, 0.5) is 5.69 Å². The zero-order valence-corrected chi connectivity index (χ0v) is 14.5. The van der Waals surface area contributed by atoms with Gasteiger partial charge >= 0.3 is 0 Å². The first-order chi connectivity index (χ1) is 11.8. The Hall–Kier alpha value is -2.33. The molecule has 0 saturated carbocycles. The maximum Gasteiger partial charge on any atom is 0.0889 e. The van der Waals surface area contributed by atoms with Gasteiger partial charge in [0.2, 0.25) is 0 Å². The number of hydrogen-bond donors (Lipinski definition) is 0. The quantitative estimate of drug-likeness (QED) is 0.663. The summed E-state index contributed by atoms with van der Waals surface area (Å²) in [5.74, 6) is 0. The van der Waals surface area contributed by atoms with Gasteiger partial charge in [-0.3, -0.25) is 9.97 Å². The lowest BCUT2D eigenvalue weighted by molar-refractivity contribution is 0.713. The van der Waals surface area contributed by atoms with Crippen LogP contribution in [0, 0.1) is 0 Å². The Bertz CT molecular complexity index is 831. The molecule has 3 aromatic rings. The van der Waals surface area contributed by atoms with Crippen LogP contribution in [-0.4, -0.2) is 22.8 Å². The highest BCUT2D eigenvalue weighted by molar-refractivity contribution is 7.98. The third-order valence-corrected chi connectivity index (χ3v) is 5.16. The fraction of sp³-hybridized carbons (Fsp3) is 0.200. The highest BCUT2D eigenvalue weighted by Gasteiger charge is 2.18. The number of aromatic nitrogens is 2. The average Bonchev–Trinajstić information content (AvgIpc) is 2.68. The molecular formula is C20H19N3S. The number of thioether (sulfide) groups is 1. The van der Waals surface area contributed by atoms with Crippen LogP contribution in [0.1, 0.15) is 11.3 Å². The number of anilines is 1. The van der Waals surface area contributed by atoms with Crippen molar-refractivity contribution >= 4 is 17.4 Å². The SMILES string of the molecule is CSc1ccc(N2CCc3nc(-c4ccccn4)ccc3C2)cc1. The molecule has 0 aliphatic carbocycles. The maximum absolute atomic E-state index is 4.85. The van der Waals surface area contributed by atoms with E-state index in [-0.39, 0.29) is 0 Å². The van der Waals surface area contributed by atoms with E-state index in [0.717, 1.165) is 30.9 Å². The predicted molar refractivity (Wildman–Crippen MR) is 100 cm³/mol. The Morgan fingerprint density at radius 1 is 0.958 bits per heavy atom. The lowest BCUT2D eigenvalue weighted by atomic mass is 10.0. The Morgan fingerprint density at radius 3 is 2.58 bits per heavy atom. The van der Waals surface area contributed by atoms with Gasteiger partial charge in [-0.05, 0) is 54.3 Å². The second-order valence-electron chi connectivity index (χ2n) is 5.89. The number of hydrogen-bond acceptors (Lipinski definition) is 4. The van der Waals surface area contributed by atoms with Gasteiger partial charge in [0.15, 0.2) is 0 Å². The fourth-order valence-electron chi connectivity index (χ4n) is 3.09. The minimum absolute atomic E-state index is 0.920. The first-order valence-electron chi connectivity index (χ1n) is 8.13. The molecule has 0 radical (unpaired) electrons. The van der Waals surface area contributed by atoms with E-state index >= 15 is 0 Å². The summed E-state index contributed by atoms with van der Waals surface area (Å²) in [4.78, 5) is 13.0. The molecule has 120 valence electrons. The van der Waals surface area contributed by atoms with Gasteiger partial charge in [-0.1, -0.05) is 12.1 Å². The molecule has 0 atom stereocenters. The van der Waals surface area contributed by atoms with Gasteiger partial charge in [-0.25, -0.2) is 0 Å². The average molecular weight is 333 g/mol. The minimum Gasteiger partial charge on any atom is -0.367 e. The molecule has 0 unspecified atom stereocenters. The molecule has 4 heteroatoms. The summed E-state index contributed by atoms with van der Waals surface area (Å²) in [6.45, 7) is 1.92. The topological polar surface area (TPSA) is 29.0 Å². The first-order valence-corrected chi connectivity index (χ1v) is 9.35. The zero-order valence-electron chi connectivity index (χ0n) is 13.6. The molecule has 3 heterocycles. The number of pyridine rings is 2. The second kappa shape index (κ2) is 6.65. The van der Waals surface area contributed by atoms with Crippen molar-refractivity contribution in [1.82, 2.24) is 9.97 Å². The van der Waals surface area contributed by atoms with E-state index in [1.165, 1.54) is 21.8 Å². The zero-order chi connectivity index (χ0) is 16.4. The van der Waals surface area contributed by atoms with Gasteiger partial charge in [0, 0.05) is 42.0 Å². The highest BCUT2D eigenvalue weighted by Crippen LogP contribution is 2.27. The van der Waals surface area contributed by atoms with Gasteiger partial charge in [-0.15, -0.1) is 11.8 Å². The van der Waals surface area contributed by atoms with Crippen molar-refractivity contribution in [2.24, 2.45) is 0 Å². The van der Waals surface area contributed by atoms with Gasteiger partial charge in [0.1, 0.15) is 0 Å². The van der Waals surface area contributed by atoms with E-state index in [4.69, 9.17) is 4.98 Å². The number of benzene rings is 1. The molecule has 0 saturated heterocycles. The number of rotatable bonds is 3. The molecule has 24 heavy (non-hydrogen) atoms. The molecule has 0 fully saturated rings. The summed E-state index contributed by atoms with van der Waals surface area (Å²) in [6.07, 6.45) is 4.90. The van der Waals surface area contributed by atoms with E-state index in [1.54, 1.807) is 11.8 Å². The van der Waals surface area contributed by atoms with Crippen LogP contribution in [0.15, 0.2) is 65.7 Å². The molecule has 0 N–H and O–H groups in total. The number of nitrogens with zero attached hydrogens (tertiary/aromatic N) is 3. The van der Waals surface area contributed by atoms with Crippen molar-refractivity contribution < 1.29 is 0 Å². The molecule has 0 amide bonds. The van der Waals surface area contributed by atoms with Crippen LogP contribution in [0.25, 0.3) is 11.4 Å². The summed E-state index contributed by atoms with van der Waals surface area (Å²) in [7, 11) is 0. The fourth-order valence-corrected chi connectivity index (χ4v) is 3.49. The first kappa shape index (κ1) is 15.2. The van der Waals surface area contributed by atoms with Crippen LogP contribution in [0.2, 0.25) is 0 Å². The summed E-state index contributed by atoms with van der Waals surface area (Å²) in [5.41, 5.74) is 5.71. The standard InChI is InChI=1S/C20H19N3S/c1-24-17-8-6-16(7-9-17)23-13-11-18-15(14-23)5-10-20(22-18)19-4-2-3-12-21-19/h2-10,12H,11,13-14H2,1H3. The van der Waals surface area contributed by atoms with Crippen LogP contribution >= 0.6 is 11.8 Å². The molecule has 3 nitrogen and oxygen atoms in total. The second-order valence-corrected chi connectivity index (χ2v) is 6.77. The molecule has 1 aliphatic heterocycles. The molecule has 2 aromatic heterocycles. The molecular weight excluding hydrogens is 314 g/mol. The molecule has 1 aliphatic rings. The lowest BCUT2D eigenvalue weighted by Crippen LogP contribution is -2.30. The van der Waals surface area contributed by atoms with E-state index in [2.05, 4.69) is 52.5 Å². The van der Waals surface area contributed by atoms with Crippen molar-refractivity contribution in [3.63, 3.8) is 0 Å². The van der Waals surface area contributed by atoms with Crippen LogP contribution in [0.3, 0.4) is 0 Å². The smallest absolute Gasteiger partial charge is 0.0889 e. The summed E-state index contributed by atoms with van der Waals surface area (Å²) >= 11 is 1.78. The Labute approximate surface area is 146 Å². The van der Waals surface area contributed by atoms with Gasteiger partial charge < -0.3 is 4.90 Å². The monoisotopic (exact) mass is 333 g/mol. The van der Waals surface area contributed by atoms with Crippen LogP contribution in [0.5, 0.6) is 0 Å². The largest absolute Gasteiger partial charge is 0.367 e. The van der Waals surface area contributed by atoms with Gasteiger partial charge in [0.25, 0.3) is 0 Å². The number of fused-ring (bicyclic) bond motifs is 1. The van der Waals surface area contributed by atoms with Gasteiger partial charge in [0.05, 0.1) is 11.4 Å². The van der Waals surface area contributed by atoms with E-state index < -0.39 is 0 Å². The lowest BCUT2D eigenvalue weighted by Gasteiger charge is -2.30. The Balaban J connectivity index is 1.57. The summed E-state index contributed by atoms with van der Waals surface area (Å²) in [5, 5.41) is 0. The Morgan fingerprint density at radius 2 is 1.83 bits per heavy atom. The Kier molecular flexibility index (Phi) is 4.22. The van der Waals surface area contributed by atoms with E-state index in [9.17, 15) is 0 Å².